The molecule has 0 radical (unpaired) electrons. The Morgan fingerprint density at radius 1 is 1.27 bits per heavy atom. The molecule has 7 nitrogen and oxygen atoms in total. The molecule has 4 amide bonds. The molecule has 140 valence electrons. The van der Waals surface area contributed by atoms with Gasteiger partial charge in [0.05, 0.1) is 17.3 Å². The molecule has 0 saturated carbocycles. The van der Waals surface area contributed by atoms with E-state index in [0.29, 0.717) is 0 Å². The number of urea groups is 1. The maximum Gasteiger partial charge on any atom is 0.418 e. The van der Waals surface area contributed by atoms with Crippen LogP contribution in [0.25, 0.3) is 0 Å². The van der Waals surface area contributed by atoms with Crippen LogP contribution in [0.2, 0.25) is 0 Å². The second-order valence-corrected chi connectivity index (χ2v) is 6.31. The lowest BCUT2D eigenvalue weighted by Crippen LogP contribution is -2.60. The van der Waals surface area contributed by atoms with Gasteiger partial charge in [-0.1, -0.05) is 12.1 Å². The van der Waals surface area contributed by atoms with Gasteiger partial charge < -0.3 is 20.9 Å². The highest BCUT2D eigenvalue weighted by molar-refractivity contribution is 5.97. The molecule has 1 aromatic rings. The van der Waals surface area contributed by atoms with Crippen LogP contribution in [-0.2, 0) is 15.8 Å². The number of nitrogens with zero attached hydrogens (tertiary/aromatic N) is 1. The van der Waals surface area contributed by atoms with Crippen molar-refractivity contribution in [3.63, 3.8) is 0 Å². The number of rotatable bonds is 2. The molecule has 10 heteroatoms. The predicted octanol–water partition coefficient (Wildman–Crippen LogP) is 1.31. The molecule has 3 atom stereocenters. The maximum absolute atomic E-state index is 13.0. The molecule has 26 heavy (non-hydrogen) atoms. The highest BCUT2D eigenvalue weighted by Crippen LogP contribution is 2.34. The van der Waals surface area contributed by atoms with Crippen LogP contribution in [0, 0.1) is 0 Å². The van der Waals surface area contributed by atoms with Crippen molar-refractivity contribution in [3.8, 4) is 0 Å². The first kappa shape index (κ1) is 18.0. The van der Waals surface area contributed by atoms with E-state index in [1.807, 2.05) is 0 Å². The van der Waals surface area contributed by atoms with Crippen LogP contribution in [0.3, 0.4) is 0 Å². The third-order valence-electron chi connectivity index (χ3n) is 4.43. The first-order valence-corrected chi connectivity index (χ1v) is 8.01. The fraction of sp³-hybridized carbons (Fsp3) is 0.438. The lowest BCUT2D eigenvalue weighted by Gasteiger charge is -2.32. The molecule has 0 aromatic heterocycles. The van der Waals surface area contributed by atoms with Crippen molar-refractivity contribution in [2.45, 2.75) is 37.6 Å². The Morgan fingerprint density at radius 2 is 1.96 bits per heavy atom. The van der Waals surface area contributed by atoms with Crippen molar-refractivity contribution >= 4 is 23.5 Å². The van der Waals surface area contributed by atoms with Gasteiger partial charge in [0.15, 0.2) is 0 Å². The zero-order chi connectivity index (χ0) is 19.1. The summed E-state index contributed by atoms with van der Waals surface area (Å²) in [6, 6.07) is 1.97. The average Bonchev–Trinajstić information content (AvgIpc) is 2.96. The Hall–Kier alpha value is -2.78. The topological polar surface area (TPSA) is 90.5 Å². The number of benzene rings is 1. The SMILES string of the molecule is C[C@H]1NC(=O)[C@@H]2C[C@H](NC(=O)Nc3ccccc3C(F)(F)F)CN2C1=O. The summed E-state index contributed by atoms with van der Waals surface area (Å²) in [5.74, 6) is -0.550. The molecular weight excluding hydrogens is 353 g/mol. The summed E-state index contributed by atoms with van der Waals surface area (Å²) in [5.41, 5.74) is -1.32. The summed E-state index contributed by atoms with van der Waals surface area (Å²) >= 11 is 0. The fourth-order valence-electron chi connectivity index (χ4n) is 3.24. The van der Waals surface area contributed by atoms with Crippen LogP contribution in [0.1, 0.15) is 18.9 Å². The van der Waals surface area contributed by atoms with Gasteiger partial charge >= 0.3 is 12.2 Å². The van der Waals surface area contributed by atoms with E-state index in [1.54, 1.807) is 6.92 Å². The number of hydrogen-bond donors (Lipinski definition) is 3. The number of anilines is 1. The quantitative estimate of drug-likeness (QED) is 0.733. The average molecular weight is 370 g/mol. The standard InChI is InChI=1S/C16H17F3N4O3/c1-8-14(25)23-7-9(6-12(23)13(24)20-8)21-15(26)22-11-5-3-2-4-10(11)16(17,18)19/h2-5,8-9,12H,6-7H2,1H3,(H,20,24)(H2,21,22,26)/t8-,9+,12+/m1/s1. The summed E-state index contributed by atoms with van der Waals surface area (Å²) < 4.78 is 38.9. The zero-order valence-corrected chi connectivity index (χ0v) is 13.8. The number of carbonyl (C=O) groups excluding carboxylic acids is 3. The Kier molecular flexibility index (Phi) is 4.51. The van der Waals surface area contributed by atoms with Gasteiger partial charge in [0, 0.05) is 6.54 Å². The number of hydrogen-bond acceptors (Lipinski definition) is 3. The summed E-state index contributed by atoms with van der Waals surface area (Å²) in [6.45, 7) is 1.70. The molecule has 2 fully saturated rings. The number of fused-ring (bicyclic) bond motifs is 1. The predicted molar refractivity (Wildman–Crippen MR) is 85.1 cm³/mol. The van der Waals surface area contributed by atoms with E-state index in [0.717, 1.165) is 12.1 Å². The molecule has 0 aliphatic carbocycles. The molecule has 1 aromatic carbocycles. The van der Waals surface area contributed by atoms with Crippen molar-refractivity contribution in [1.29, 1.82) is 0 Å². The van der Waals surface area contributed by atoms with E-state index in [-0.39, 0.29) is 30.5 Å². The smallest absolute Gasteiger partial charge is 0.343 e. The van der Waals surface area contributed by atoms with Gasteiger partial charge in [-0.05, 0) is 25.5 Å². The van der Waals surface area contributed by atoms with Crippen molar-refractivity contribution in [3.05, 3.63) is 29.8 Å². The summed E-state index contributed by atoms with van der Waals surface area (Å²) in [4.78, 5) is 37.5. The highest BCUT2D eigenvalue weighted by Gasteiger charge is 2.45. The molecule has 2 aliphatic heterocycles. The van der Waals surface area contributed by atoms with Gasteiger partial charge in [0.2, 0.25) is 11.8 Å². The lowest BCUT2D eigenvalue weighted by atomic mass is 10.1. The molecule has 3 N–H and O–H groups in total. The first-order valence-electron chi connectivity index (χ1n) is 8.01. The number of halogens is 3. The van der Waals surface area contributed by atoms with Gasteiger partial charge in [-0.3, -0.25) is 9.59 Å². The van der Waals surface area contributed by atoms with Crippen molar-refractivity contribution < 1.29 is 27.6 Å². The fourth-order valence-corrected chi connectivity index (χ4v) is 3.24. The molecule has 2 heterocycles. The largest absolute Gasteiger partial charge is 0.418 e. The Labute approximate surface area is 146 Å². The minimum atomic E-state index is -4.60. The third kappa shape index (κ3) is 3.44. The Bertz CT molecular complexity index is 753. The number of alkyl halides is 3. The van der Waals surface area contributed by atoms with Crippen LogP contribution in [0.5, 0.6) is 0 Å². The summed E-state index contributed by atoms with van der Waals surface area (Å²) in [7, 11) is 0. The highest BCUT2D eigenvalue weighted by atomic mass is 19.4. The molecule has 0 bridgehead atoms. The third-order valence-corrected chi connectivity index (χ3v) is 4.43. The van der Waals surface area contributed by atoms with Gasteiger partial charge in [-0.15, -0.1) is 0 Å². The monoisotopic (exact) mass is 370 g/mol. The second kappa shape index (κ2) is 6.50. The van der Waals surface area contributed by atoms with Crippen LogP contribution in [-0.4, -0.2) is 47.4 Å². The summed E-state index contributed by atoms with van der Waals surface area (Å²) in [5, 5.41) is 7.26. The minimum absolute atomic E-state index is 0.135. The van der Waals surface area contributed by atoms with E-state index in [2.05, 4.69) is 16.0 Å². The molecule has 0 unspecified atom stereocenters. The zero-order valence-electron chi connectivity index (χ0n) is 13.8. The van der Waals surface area contributed by atoms with Crippen molar-refractivity contribution in [1.82, 2.24) is 15.5 Å². The number of nitrogens with one attached hydrogen (secondary N) is 3. The van der Waals surface area contributed by atoms with Crippen LogP contribution in [0.15, 0.2) is 24.3 Å². The van der Waals surface area contributed by atoms with Crippen LogP contribution < -0.4 is 16.0 Å². The van der Waals surface area contributed by atoms with E-state index >= 15 is 0 Å². The molecule has 3 rings (SSSR count). The number of carbonyl (C=O) groups is 3. The van der Waals surface area contributed by atoms with E-state index in [9.17, 15) is 27.6 Å². The second-order valence-electron chi connectivity index (χ2n) is 6.31. The van der Waals surface area contributed by atoms with Crippen molar-refractivity contribution in [2.24, 2.45) is 0 Å². The normalized spacial score (nSPS) is 25.5. The van der Waals surface area contributed by atoms with Gasteiger partial charge in [0.1, 0.15) is 12.1 Å². The first-order chi connectivity index (χ1) is 12.2. The van der Waals surface area contributed by atoms with Crippen LogP contribution in [0.4, 0.5) is 23.7 Å². The number of piperazine rings is 1. The van der Waals surface area contributed by atoms with E-state index in [1.165, 1.54) is 17.0 Å². The van der Waals surface area contributed by atoms with Gasteiger partial charge in [-0.25, -0.2) is 4.79 Å². The van der Waals surface area contributed by atoms with E-state index in [4.69, 9.17) is 0 Å². The van der Waals surface area contributed by atoms with Gasteiger partial charge in [-0.2, -0.15) is 13.2 Å². The molecule has 2 aliphatic rings. The molecule has 0 spiro atoms. The van der Waals surface area contributed by atoms with E-state index < -0.39 is 35.9 Å². The van der Waals surface area contributed by atoms with Gasteiger partial charge in [0.25, 0.3) is 0 Å². The summed E-state index contributed by atoms with van der Waals surface area (Å²) in [6.07, 6.45) is -4.39. The number of para-hydroxylation sites is 1. The number of amides is 4. The van der Waals surface area contributed by atoms with Crippen LogP contribution >= 0.6 is 0 Å². The van der Waals surface area contributed by atoms with Crippen molar-refractivity contribution in [2.75, 3.05) is 11.9 Å². The molecule has 2 saturated heterocycles. The minimum Gasteiger partial charge on any atom is -0.343 e. The Balaban J connectivity index is 1.65. The maximum atomic E-state index is 13.0. The Morgan fingerprint density at radius 3 is 2.65 bits per heavy atom. The molecular formula is C16H17F3N4O3. The lowest BCUT2D eigenvalue weighted by molar-refractivity contribution is -0.146.